The molecular formula is C15H14BrFO. The summed E-state index contributed by atoms with van der Waals surface area (Å²) in [6.07, 6.45) is -0.0457. The van der Waals surface area contributed by atoms with Gasteiger partial charge in [0, 0.05) is 10.0 Å². The third kappa shape index (κ3) is 2.79. The van der Waals surface area contributed by atoms with Gasteiger partial charge in [0.05, 0.1) is 0 Å². The quantitative estimate of drug-likeness (QED) is 0.899. The van der Waals surface area contributed by atoms with E-state index in [1.54, 1.807) is 12.1 Å². The van der Waals surface area contributed by atoms with Crippen LogP contribution in [0.5, 0.6) is 0 Å². The number of hydrogen-bond acceptors (Lipinski definition) is 1. The molecule has 1 N–H and O–H groups in total. The van der Waals surface area contributed by atoms with Gasteiger partial charge in [-0.25, -0.2) is 4.39 Å². The van der Waals surface area contributed by atoms with Crippen LogP contribution in [-0.2, 0) is 6.42 Å². The largest absolute Gasteiger partial charge is 0.384 e. The van der Waals surface area contributed by atoms with E-state index in [2.05, 4.69) is 15.9 Å². The zero-order chi connectivity index (χ0) is 13.1. The molecule has 0 amide bonds. The molecule has 2 aromatic rings. The van der Waals surface area contributed by atoms with Crippen LogP contribution in [0.1, 0.15) is 29.7 Å². The van der Waals surface area contributed by atoms with Gasteiger partial charge in [0.1, 0.15) is 11.9 Å². The van der Waals surface area contributed by atoms with Crippen LogP contribution in [0.25, 0.3) is 0 Å². The minimum Gasteiger partial charge on any atom is -0.384 e. The van der Waals surface area contributed by atoms with Gasteiger partial charge in [0.2, 0.25) is 0 Å². The highest BCUT2D eigenvalue weighted by atomic mass is 79.9. The summed E-state index contributed by atoms with van der Waals surface area (Å²) in [6, 6.07) is 12.2. The molecule has 0 fully saturated rings. The van der Waals surface area contributed by atoms with Crippen LogP contribution < -0.4 is 0 Å². The van der Waals surface area contributed by atoms with Crippen molar-refractivity contribution in [3.05, 3.63) is 69.4 Å². The number of aliphatic hydroxyl groups is 1. The SMILES string of the molecule is CCc1cccc(C(O)c2cc(Br)ccc2F)c1. The Labute approximate surface area is 114 Å². The standard InChI is InChI=1S/C15H14BrFO/c1-2-10-4-3-5-11(8-10)15(18)13-9-12(16)6-7-14(13)17/h3-9,15,18H,2H2,1H3. The topological polar surface area (TPSA) is 20.2 Å². The monoisotopic (exact) mass is 308 g/mol. The van der Waals surface area contributed by atoms with Crippen molar-refractivity contribution in [2.75, 3.05) is 0 Å². The van der Waals surface area contributed by atoms with Gasteiger partial charge in [-0.3, -0.25) is 0 Å². The maximum atomic E-state index is 13.7. The second-order valence-electron chi connectivity index (χ2n) is 4.17. The van der Waals surface area contributed by atoms with Gasteiger partial charge >= 0.3 is 0 Å². The van der Waals surface area contributed by atoms with E-state index in [-0.39, 0.29) is 5.56 Å². The first-order chi connectivity index (χ1) is 8.61. The molecule has 1 unspecified atom stereocenters. The lowest BCUT2D eigenvalue weighted by Gasteiger charge is -2.13. The van der Waals surface area contributed by atoms with E-state index in [1.807, 2.05) is 31.2 Å². The van der Waals surface area contributed by atoms with Crippen molar-refractivity contribution in [3.8, 4) is 0 Å². The highest BCUT2D eigenvalue weighted by Crippen LogP contribution is 2.27. The maximum Gasteiger partial charge on any atom is 0.129 e. The van der Waals surface area contributed by atoms with Crippen LogP contribution in [0.4, 0.5) is 4.39 Å². The lowest BCUT2D eigenvalue weighted by molar-refractivity contribution is 0.215. The van der Waals surface area contributed by atoms with Gasteiger partial charge in [0.15, 0.2) is 0 Å². The molecule has 2 rings (SSSR count). The van der Waals surface area contributed by atoms with E-state index in [1.165, 1.54) is 6.07 Å². The summed E-state index contributed by atoms with van der Waals surface area (Å²) in [6.45, 7) is 2.05. The Morgan fingerprint density at radius 1 is 1.22 bits per heavy atom. The van der Waals surface area contributed by atoms with Crippen LogP contribution in [-0.4, -0.2) is 5.11 Å². The number of aliphatic hydroxyl groups excluding tert-OH is 1. The Kier molecular flexibility index (Phi) is 4.15. The molecule has 3 heteroatoms. The lowest BCUT2D eigenvalue weighted by atomic mass is 9.99. The van der Waals surface area contributed by atoms with Crippen LogP contribution in [0.3, 0.4) is 0 Å². The maximum absolute atomic E-state index is 13.7. The summed E-state index contributed by atoms with van der Waals surface area (Å²) in [5.74, 6) is -0.396. The molecule has 0 saturated heterocycles. The summed E-state index contributed by atoms with van der Waals surface area (Å²) in [7, 11) is 0. The Bertz CT molecular complexity index is 554. The Hall–Kier alpha value is -1.19. The molecule has 0 aliphatic heterocycles. The predicted molar refractivity (Wildman–Crippen MR) is 74.0 cm³/mol. The molecule has 0 aliphatic carbocycles. The highest BCUT2D eigenvalue weighted by Gasteiger charge is 2.15. The van der Waals surface area contributed by atoms with E-state index in [0.29, 0.717) is 5.56 Å². The second-order valence-corrected chi connectivity index (χ2v) is 5.08. The molecule has 0 aliphatic rings. The van der Waals surface area contributed by atoms with E-state index in [9.17, 15) is 9.50 Å². The number of rotatable bonds is 3. The first-order valence-corrected chi connectivity index (χ1v) is 6.63. The van der Waals surface area contributed by atoms with E-state index in [4.69, 9.17) is 0 Å². The van der Waals surface area contributed by atoms with Crippen molar-refractivity contribution in [1.82, 2.24) is 0 Å². The van der Waals surface area contributed by atoms with E-state index < -0.39 is 11.9 Å². The molecule has 0 heterocycles. The Morgan fingerprint density at radius 3 is 2.72 bits per heavy atom. The van der Waals surface area contributed by atoms with Crippen molar-refractivity contribution in [1.29, 1.82) is 0 Å². The van der Waals surface area contributed by atoms with Gasteiger partial charge < -0.3 is 5.11 Å². The molecule has 94 valence electrons. The molecule has 0 aromatic heterocycles. The summed E-state index contributed by atoms with van der Waals surface area (Å²) in [5.41, 5.74) is 2.13. The van der Waals surface area contributed by atoms with Crippen LogP contribution in [0.2, 0.25) is 0 Å². The summed E-state index contributed by atoms with van der Waals surface area (Å²) < 4.78 is 14.5. The predicted octanol–water partition coefficient (Wildman–Crippen LogP) is 4.23. The zero-order valence-corrected chi connectivity index (χ0v) is 11.6. The molecule has 18 heavy (non-hydrogen) atoms. The van der Waals surface area contributed by atoms with Crippen molar-refractivity contribution in [2.45, 2.75) is 19.4 Å². The lowest BCUT2D eigenvalue weighted by Crippen LogP contribution is -2.03. The number of benzene rings is 2. The number of hydrogen-bond donors (Lipinski definition) is 1. The third-order valence-corrected chi connectivity index (χ3v) is 3.42. The van der Waals surface area contributed by atoms with Crippen LogP contribution in [0.15, 0.2) is 46.9 Å². The molecule has 0 radical (unpaired) electrons. The zero-order valence-electron chi connectivity index (χ0n) is 10.0. The minimum atomic E-state index is -0.936. The first kappa shape index (κ1) is 13.2. The highest BCUT2D eigenvalue weighted by molar-refractivity contribution is 9.10. The van der Waals surface area contributed by atoms with Crippen molar-refractivity contribution in [3.63, 3.8) is 0 Å². The molecule has 0 bridgehead atoms. The molecule has 0 saturated carbocycles. The molecule has 0 spiro atoms. The van der Waals surface area contributed by atoms with Crippen LogP contribution >= 0.6 is 15.9 Å². The average molecular weight is 309 g/mol. The van der Waals surface area contributed by atoms with Crippen molar-refractivity contribution in [2.24, 2.45) is 0 Å². The fourth-order valence-electron chi connectivity index (χ4n) is 1.89. The fraction of sp³-hybridized carbons (Fsp3) is 0.200. The van der Waals surface area contributed by atoms with Crippen LogP contribution in [0, 0.1) is 5.82 Å². The van der Waals surface area contributed by atoms with Crippen molar-refractivity contribution < 1.29 is 9.50 Å². The minimum absolute atomic E-state index is 0.289. The second kappa shape index (κ2) is 5.63. The van der Waals surface area contributed by atoms with Gasteiger partial charge in [-0.1, -0.05) is 47.1 Å². The Morgan fingerprint density at radius 2 is 2.00 bits per heavy atom. The van der Waals surface area contributed by atoms with Gasteiger partial charge in [-0.15, -0.1) is 0 Å². The molecular weight excluding hydrogens is 295 g/mol. The summed E-state index contributed by atoms with van der Waals surface area (Å²) >= 11 is 3.29. The molecule has 2 aromatic carbocycles. The van der Waals surface area contributed by atoms with Gasteiger partial charge in [-0.2, -0.15) is 0 Å². The van der Waals surface area contributed by atoms with Gasteiger partial charge in [-0.05, 0) is 35.7 Å². The number of aryl methyl sites for hydroxylation is 1. The fourth-order valence-corrected chi connectivity index (χ4v) is 2.27. The van der Waals surface area contributed by atoms with E-state index in [0.717, 1.165) is 16.5 Å². The van der Waals surface area contributed by atoms with Crippen molar-refractivity contribution >= 4 is 15.9 Å². The molecule has 1 nitrogen and oxygen atoms in total. The molecule has 1 atom stereocenters. The van der Waals surface area contributed by atoms with E-state index >= 15 is 0 Å². The summed E-state index contributed by atoms with van der Waals surface area (Å²) in [4.78, 5) is 0. The third-order valence-electron chi connectivity index (χ3n) is 2.93. The number of halogens is 2. The first-order valence-electron chi connectivity index (χ1n) is 5.83. The summed E-state index contributed by atoms with van der Waals surface area (Å²) in [5, 5.41) is 10.3. The Balaban J connectivity index is 2.40. The smallest absolute Gasteiger partial charge is 0.129 e. The van der Waals surface area contributed by atoms with Gasteiger partial charge in [0.25, 0.3) is 0 Å². The average Bonchev–Trinajstić information content (AvgIpc) is 2.41. The normalized spacial score (nSPS) is 12.4.